The second-order valence-electron chi connectivity index (χ2n) is 2.71. The van der Waals surface area contributed by atoms with Crippen LogP contribution in [0.1, 0.15) is 36.0 Å². The van der Waals surface area contributed by atoms with Crippen LogP contribution in [0.4, 0.5) is 0 Å². The van der Waals surface area contributed by atoms with Gasteiger partial charge in [-0.2, -0.15) is 0 Å². The van der Waals surface area contributed by atoms with E-state index in [0.717, 1.165) is 19.3 Å². The molecule has 0 aromatic heterocycles. The van der Waals surface area contributed by atoms with Crippen LogP contribution in [0.5, 0.6) is 0 Å². The van der Waals surface area contributed by atoms with Crippen molar-refractivity contribution in [2.75, 3.05) is 6.61 Å². The van der Waals surface area contributed by atoms with E-state index in [9.17, 15) is 5.11 Å². The molecule has 0 heterocycles. The molecule has 2 unspecified atom stereocenters. The first-order valence-corrected chi connectivity index (χ1v) is 4.05. The molecule has 0 saturated heterocycles. The van der Waals surface area contributed by atoms with Gasteiger partial charge in [-0.05, 0) is 12.8 Å². The molecule has 0 aromatic carbocycles. The van der Waals surface area contributed by atoms with E-state index < -0.39 is 0 Å². The Morgan fingerprint density at radius 3 is 2.18 bits per heavy atom. The van der Waals surface area contributed by atoms with Gasteiger partial charge in [0, 0.05) is 12.5 Å². The summed E-state index contributed by atoms with van der Waals surface area (Å²) in [6.45, 7) is 4.13. The Balaban J connectivity index is -0.000000135. The van der Waals surface area contributed by atoms with Gasteiger partial charge in [-0.1, -0.05) is 20.3 Å². The van der Waals surface area contributed by atoms with Gasteiger partial charge in [0.1, 0.15) is 0 Å². The van der Waals surface area contributed by atoms with Gasteiger partial charge >= 0.3 is 45.5 Å². The molecule has 2 N–H and O–H groups in total. The number of hydrogen-bond donors (Lipinski definition) is 2. The molecule has 2 atom stereocenters. The molecular weight excluding hydrogens is 216 g/mol. The standard InChI is InChI=1S/C8H18O2.Sr.2H/c1-3-5-8(10)7(4-2)6-9;;;/h7-10H,3-6H2,1-2H3;;;/q;+2;2*-1. The number of rotatable bonds is 5. The maximum Gasteiger partial charge on any atom is 2.00 e. The molecule has 3 heteroatoms. The third kappa shape index (κ3) is 6.55. The second kappa shape index (κ2) is 9.49. The summed E-state index contributed by atoms with van der Waals surface area (Å²) < 4.78 is 0. The van der Waals surface area contributed by atoms with Crippen molar-refractivity contribution >= 4 is 45.5 Å². The number of aliphatic hydroxyl groups is 2. The summed E-state index contributed by atoms with van der Waals surface area (Å²) in [6.07, 6.45) is 2.34. The van der Waals surface area contributed by atoms with Crippen LogP contribution in [0.15, 0.2) is 0 Å². The Morgan fingerprint density at radius 1 is 1.36 bits per heavy atom. The van der Waals surface area contributed by atoms with Gasteiger partial charge in [-0.3, -0.25) is 0 Å². The molecule has 0 saturated carbocycles. The third-order valence-corrected chi connectivity index (χ3v) is 1.89. The Labute approximate surface area is 109 Å². The maximum absolute atomic E-state index is 9.35. The molecule has 0 fully saturated rings. The van der Waals surface area contributed by atoms with Crippen LogP contribution < -0.4 is 0 Å². The summed E-state index contributed by atoms with van der Waals surface area (Å²) in [5.74, 6) is 0.0833. The van der Waals surface area contributed by atoms with E-state index in [1.54, 1.807) is 0 Å². The topological polar surface area (TPSA) is 40.5 Å². The Morgan fingerprint density at radius 2 is 1.91 bits per heavy atom. The van der Waals surface area contributed by atoms with Gasteiger partial charge in [0.15, 0.2) is 0 Å². The molecule has 0 aromatic rings. The van der Waals surface area contributed by atoms with Crippen molar-refractivity contribution in [3.8, 4) is 0 Å². The Bertz CT molecular complexity index is 82.5. The normalized spacial score (nSPS) is 15.3. The predicted octanol–water partition coefficient (Wildman–Crippen LogP) is 1.01. The molecule has 0 aliphatic heterocycles. The molecule has 0 aliphatic rings. The zero-order valence-corrected chi connectivity index (χ0v) is 11.1. The maximum atomic E-state index is 9.35. The summed E-state index contributed by atoms with van der Waals surface area (Å²) in [6, 6.07) is 0. The summed E-state index contributed by atoms with van der Waals surface area (Å²) in [5.41, 5.74) is 0. The second-order valence-corrected chi connectivity index (χ2v) is 2.71. The van der Waals surface area contributed by atoms with Gasteiger partial charge in [0.05, 0.1) is 6.10 Å². The SMILES string of the molecule is CCCC(O)C(CC)CO.[H-].[H-].[Sr+2]. The monoisotopic (exact) mass is 236 g/mol. The van der Waals surface area contributed by atoms with E-state index in [1.165, 1.54) is 0 Å². The van der Waals surface area contributed by atoms with Crippen LogP contribution in [0.3, 0.4) is 0 Å². The van der Waals surface area contributed by atoms with Crippen molar-refractivity contribution < 1.29 is 13.1 Å². The van der Waals surface area contributed by atoms with Gasteiger partial charge in [-0.15, -0.1) is 0 Å². The first kappa shape index (κ1) is 14.9. The average Bonchev–Trinajstić information content (AvgIpc) is 1.91. The van der Waals surface area contributed by atoms with Crippen molar-refractivity contribution in [1.29, 1.82) is 0 Å². The average molecular weight is 236 g/mol. The van der Waals surface area contributed by atoms with Gasteiger partial charge in [-0.25, -0.2) is 0 Å². The van der Waals surface area contributed by atoms with E-state index in [-0.39, 0.29) is 67.0 Å². The van der Waals surface area contributed by atoms with Crippen molar-refractivity contribution in [3.63, 3.8) is 0 Å². The number of aliphatic hydroxyl groups excluding tert-OH is 2. The van der Waals surface area contributed by atoms with Gasteiger partial charge in [0.2, 0.25) is 0 Å². The van der Waals surface area contributed by atoms with Crippen LogP contribution in [-0.4, -0.2) is 68.4 Å². The summed E-state index contributed by atoms with van der Waals surface area (Å²) in [5, 5.41) is 18.1. The smallest absolute Gasteiger partial charge is 1.00 e. The summed E-state index contributed by atoms with van der Waals surface area (Å²) >= 11 is 0. The molecule has 0 spiro atoms. The van der Waals surface area contributed by atoms with Crippen molar-refractivity contribution in [3.05, 3.63) is 0 Å². The van der Waals surface area contributed by atoms with E-state index in [0.29, 0.717) is 0 Å². The Hall–Kier alpha value is 1.40. The van der Waals surface area contributed by atoms with E-state index in [1.807, 2.05) is 13.8 Å². The van der Waals surface area contributed by atoms with E-state index in [2.05, 4.69) is 0 Å². The minimum Gasteiger partial charge on any atom is -1.00 e. The number of hydrogen-bond acceptors (Lipinski definition) is 2. The molecule has 0 radical (unpaired) electrons. The zero-order chi connectivity index (χ0) is 7.98. The summed E-state index contributed by atoms with van der Waals surface area (Å²) in [7, 11) is 0. The molecule has 0 amide bonds. The Kier molecular flexibility index (Phi) is 12.9. The van der Waals surface area contributed by atoms with Crippen LogP contribution >= 0.6 is 0 Å². The molecular formula is C8H20O2Sr. The first-order chi connectivity index (χ1) is 4.76. The molecule has 11 heavy (non-hydrogen) atoms. The summed E-state index contributed by atoms with van der Waals surface area (Å²) in [4.78, 5) is 0. The van der Waals surface area contributed by atoms with Gasteiger partial charge in [0.25, 0.3) is 0 Å². The fourth-order valence-electron chi connectivity index (χ4n) is 1.05. The predicted molar refractivity (Wildman–Crippen MR) is 49.8 cm³/mol. The van der Waals surface area contributed by atoms with Crippen LogP contribution in [0, 0.1) is 5.92 Å². The fourth-order valence-corrected chi connectivity index (χ4v) is 1.05. The quantitative estimate of drug-likeness (QED) is 0.699. The van der Waals surface area contributed by atoms with Crippen molar-refractivity contribution in [2.24, 2.45) is 5.92 Å². The van der Waals surface area contributed by atoms with E-state index >= 15 is 0 Å². The van der Waals surface area contributed by atoms with Crippen LogP contribution in [0.2, 0.25) is 0 Å². The molecule has 2 nitrogen and oxygen atoms in total. The zero-order valence-electron chi connectivity index (χ0n) is 9.58. The molecule has 0 aliphatic carbocycles. The minimum atomic E-state index is -0.306. The van der Waals surface area contributed by atoms with Crippen molar-refractivity contribution in [2.45, 2.75) is 39.2 Å². The first-order valence-electron chi connectivity index (χ1n) is 4.05. The molecule has 66 valence electrons. The van der Waals surface area contributed by atoms with Crippen LogP contribution in [-0.2, 0) is 0 Å². The third-order valence-electron chi connectivity index (χ3n) is 1.89. The van der Waals surface area contributed by atoms with E-state index in [4.69, 9.17) is 5.11 Å². The van der Waals surface area contributed by atoms with Crippen molar-refractivity contribution in [1.82, 2.24) is 0 Å². The van der Waals surface area contributed by atoms with Gasteiger partial charge < -0.3 is 13.1 Å². The fraction of sp³-hybridized carbons (Fsp3) is 1.00. The molecule has 0 rings (SSSR count). The molecule has 0 bridgehead atoms. The largest absolute Gasteiger partial charge is 2.00 e. The van der Waals surface area contributed by atoms with Crippen LogP contribution in [0.25, 0.3) is 0 Å². The minimum absolute atomic E-state index is 0.